The number of urea groups is 1. The van der Waals surface area contributed by atoms with Crippen molar-refractivity contribution in [3.8, 4) is 0 Å². The molecule has 0 aliphatic carbocycles. The summed E-state index contributed by atoms with van der Waals surface area (Å²) < 4.78 is 0. The highest BCUT2D eigenvalue weighted by atomic mass is 16.4. The molecule has 2 amide bonds. The van der Waals surface area contributed by atoms with Crippen LogP contribution in [0.25, 0.3) is 0 Å². The molecule has 0 aliphatic rings. The first-order valence-electron chi connectivity index (χ1n) is 7.81. The first kappa shape index (κ1) is 18.7. The highest BCUT2D eigenvalue weighted by molar-refractivity contribution is 5.82. The lowest BCUT2D eigenvalue weighted by Gasteiger charge is -2.18. The summed E-state index contributed by atoms with van der Waals surface area (Å²) in [5.41, 5.74) is 0. The van der Waals surface area contributed by atoms with Gasteiger partial charge in [-0.05, 0) is 19.8 Å². The third-order valence-corrected chi connectivity index (χ3v) is 3.32. The number of carboxylic acids is 1. The maximum Gasteiger partial charge on any atom is 0.326 e. The molecule has 0 fully saturated rings. The zero-order chi connectivity index (χ0) is 15.4. The van der Waals surface area contributed by atoms with Gasteiger partial charge in [0.1, 0.15) is 6.04 Å². The molecular weight excluding hydrogens is 256 g/mol. The number of unbranched alkanes of at least 4 members (excludes halogenated alkanes) is 4. The van der Waals surface area contributed by atoms with Crippen LogP contribution in [-0.2, 0) is 4.79 Å². The molecular formula is C15H30N2O3. The number of hydrogen-bond donors (Lipinski definition) is 3. The van der Waals surface area contributed by atoms with Gasteiger partial charge in [0.25, 0.3) is 0 Å². The van der Waals surface area contributed by atoms with Crippen LogP contribution in [0, 0.1) is 0 Å². The SMILES string of the molecule is CCCCCCC(C)NC(=O)NC(CCCC)C(=O)O. The van der Waals surface area contributed by atoms with E-state index in [1.807, 2.05) is 13.8 Å². The molecule has 5 heteroatoms. The number of carbonyl (C=O) groups excluding carboxylic acids is 1. The zero-order valence-corrected chi connectivity index (χ0v) is 13.1. The van der Waals surface area contributed by atoms with E-state index in [1.165, 1.54) is 19.3 Å². The third-order valence-electron chi connectivity index (χ3n) is 3.32. The van der Waals surface area contributed by atoms with Crippen molar-refractivity contribution in [2.24, 2.45) is 0 Å². The van der Waals surface area contributed by atoms with E-state index in [0.29, 0.717) is 6.42 Å². The van der Waals surface area contributed by atoms with E-state index in [-0.39, 0.29) is 12.1 Å². The number of aliphatic carboxylic acids is 1. The largest absolute Gasteiger partial charge is 0.480 e. The monoisotopic (exact) mass is 286 g/mol. The van der Waals surface area contributed by atoms with Crippen LogP contribution in [-0.4, -0.2) is 29.2 Å². The van der Waals surface area contributed by atoms with Crippen LogP contribution in [0.15, 0.2) is 0 Å². The van der Waals surface area contributed by atoms with Crippen LogP contribution >= 0.6 is 0 Å². The molecule has 2 atom stereocenters. The number of nitrogens with one attached hydrogen (secondary N) is 2. The average Bonchev–Trinajstić information content (AvgIpc) is 2.39. The Bertz CT molecular complexity index is 282. The van der Waals surface area contributed by atoms with Crippen molar-refractivity contribution in [3.63, 3.8) is 0 Å². The lowest BCUT2D eigenvalue weighted by atomic mass is 10.1. The van der Waals surface area contributed by atoms with Gasteiger partial charge >= 0.3 is 12.0 Å². The number of carboxylic acid groups (broad SMARTS) is 1. The summed E-state index contributed by atoms with van der Waals surface area (Å²) in [5, 5.41) is 14.4. The lowest BCUT2D eigenvalue weighted by molar-refractivity contribution is -0.139. The molecule has 2 unspecified atom stereocenters. The Morgan fingerprint density at radius 1 is 0.950 bits per heavy atom. The Hall–Kier alpha value is -1.26. The molecule has 0 spiro atoms. The van der Waals surface area contributed by atoms with Gasteiger partial charge in [0.05, 0.1) is 0 Å². The Kier molecular flexibility index (Phi) is 10.8. The van der Waals surface area contributed by atoms with Crippen LogP contribution in [0.2, 0.25) is 0 Å². The van der Waals surface area contributed by atoms with Crippen molar-refractivity contribution in [3.05, 3.63) is 0 Å². The van der Waals surface area contributed by atoms with E-state index in [0.717, 1.165) is 25.7 Å². The molecule has 0 heterocycles. The standard InChI is InChI=1S/C15H30N2O3/c1-4-6-8-9-10-12(3)16-15(20)17-13(14(18)19)11-7-5-2/h12-13H,4-11H2,1-3H3,(H,18,19)(H2,16,17,20). The second-order valence-corrected chi connectivity index (χ2v) is 5.40. The van der Waals surface area contributed by atoms with Crippen molar-refractivity contribution < 1.29 is 14.7 Å². The molecule has 0 saturated heterocycles. The summed E-state index contributed by atoms with van der Waals surface area (Å²) in [4.78, 5) is 22.8. The Balaban J connectivity index is 3.95. The molecule has 0 rings (SSSR count). The maximum atomic E-state index is 11.7. The van der Waals surface area contributed by atoms with Gasteiger partial charge in [0.15, 0.2) is 0 Å². The fourth-order valence-electron chi connectivity index (χ4n) is 2.04. The Morgan fingerprint density at radius 3 is 2.15 bits per heavy atom. The minimum absolute atomic E-state index is 0.0764. The molecule has 0 aromatic heterocycles. The summed E-state index contributed by atoms with van der Waals surface area (Å²) in [6.45, 7) is 6.11. The van der Waals surface area contributed by atoms with Gasteiger partial charge in [-0.15, -0.1) is 0 Å². The summed E-state index contributed by atoms with van der Waals surface area (Å²) in [7, 11) is 0. The smallest absolute Gasteiger partial charge is 0.326 e. The van der Waals surface area contributed by atoms with Gasteiger partial charge in [0, 0.05) is 6.04 Å². The summed E-state index contributed by atoms with van der Waals surface area (Å²) in [6.07, 6.45) is 7.80. The van der Waals surface area contributed by atoms with Crippen LogP contribution in [0.3, 0.4) is 0 Å². The molecule has 3 N–H and O–H groups in total. The van der Waals surface area contributed by atoms with E-state index in [4.69, 9.17) is 5.11 Å². The second kappa shape index (κ2) is 11.6. The highest BCUT2D eigenvalue weighted by Crippen LogP contribution is 2.05. The number of carbonyl (C=O) groups is 2. The fourth-order valence-corrected chi connectivity index (χ4v) is 2.04. The van der Waals surface area contributed by atoms with Crippen molar-refractivity contribution in [2.45, 2.75) is 84.2 Å². The van der Waals surface area contributed by atoms with Crippen molar-refractivity contribution in [1.82, 2.24) is 10.6 Å². The number of amides is 2. The molecule has 0 bridgehead atoms. The molecule has 20 heavy (non-hydrogen) atoms. The zero-order valence-electron chi connectivity index (χ0n) is 13.1. The van der Waals surface area contributed by atoms with Crippen LogP contribution in [0.5, 0.6) is 0 Å². The summed E-state index contributed by atoms with van der Waals surface area (Å²) in [5.74, 6) is -0.968. The number of hydrogen-bond acceptors (Lipinski definition) is 2. The molecule has 5 nitrogen and oxygen atoms in total. The van der Waals surface area contributed by atoms with Gasteiger partial charge in [-0.25, -0.2) is 9.59 Å². The third kappa shape index (κ3) is 9.64. The quantitative estimate of drug-likeness (QED) is 0.510. The van der Waals surface area contributed by atoms with E-state index >= 15 is 0 Å². The van der Waals surface area contributed by atoms with E-state index in [1.54, 1.807) is 0 Å². The minimum atomic E-state index is -0.968. The predicted octanol–water partition coefficient (Wildman–Crippen LogP) is 3.29. The maximum absolute atomic E-state index is 11.7. The van der Waals surface area contributed by atoms with E-state index in [2.05, 4.69) is 17.6 Å². The van der Waals surface area contributed by atoms with Gasteiger partial charge in [0.2, 0.25) is 0 Å². The Morgan fingerprint density at radius 2 is 1.60 bits per heavy atom. The molecule has 0 aromatic carbocycles. The van der Waals surface area contributed by atoms with Gasteiger partial charge < -0.3 is 15.7 Å². The molecule has 0 aliphatic heterocycles. The molecule has 0 aromatic rings. The van der Waals surface area contributed by atoms with Crippen LogP contribution in [0.1, 0.15) is 72.1 Å². The van der Waals surface area contributed by atoms with E-state index in [9.17, 15) is 9.59 Å². The van der Waals surface area contributed by atoms with Gasteiger partial charge in [-0.2, -0.15) is 0 Å². The lowest BCUT2D eigenvalue weighted by Crippen LogP contribution is -2.48. The highest BCUT2D eigenvalue weighted by Gasteiger charge is 2.19. The first-order valence-corrected chi connectivity index (χ1v) is 7.81. The second-order valence-electron chi connectivity index (χ2n) is 5.40. The minimum Gasteiger partial charge on any atom is -0.480 e. The normalized spacial score (nSPS) is 13.6. The summed E-state index contributed by atoms with van der Waals surface area (Å²) in [6, 6.07) is -1.09. The van der Waals surface area contributed by atoms with E-state index < -0.39 is 12.0 Å². The van der Waals surface area contributed by atoms with Crippen LogP contribution in [0.4, 0.5) is 4.79 Å². The van der Waals surface area contributed by atoms with Gasteiger partial charge in [-0.3, -0.25) is 0 Å². The Labute approximate surface area is 122 Å². The topological polar surface area (TPSA) is 78.4 Å². The molecule has 0 saturated carbocycles. The summed E-state index contributed by atoms with van der Waals surface area (Å²) >= 11 is 0. The predicted molar refractivity (Wildman–Crippen MR) is 80.8 cm³/mol. The van der Waals surface area contributed by atoms with Gasteiger partial charge in [-0.1, -0.05) is 52.4 Å². The van der Waals surface area contributed by atoms with Crippen molar-refractivity contribution >= 4 is 12.0 Å². The molecule has 0 radical (unpaired) electrons. The van der Waals surface area contributed by atoms with Crippen LogP contribution < -0.4 is 10.6 Å². The van der Waals surface area contributed by atoms with Crippen molar-refractivity contribution in [2.75, 3.05) is 0 Å². The molecule has 118 valence electrons. The van der Waals surface area contributed by atoms with Crippen molar-refractivity contribution in [1.29, 1.82) is 0 Å². The average molecular weight is 286 g/mol. The fraction of sp³-hybridized carbons (Fsp3) is 0.867. The number of rotatable bonds is 11. The first-order chi connectivity index (χ1) is 9.51.